The van der Waals surface area contributed by atoms with Gasteiger partial charge in [0.1, 0.15) is 11.6 Å². The smallest absolute Gasteiger partial charge is 0.144 e. The van der Waals surface area contributed by atoms with Gasteiger partial charge in [0.15, 0.2) is 0 Å². The molecular formula is C12H19N5. The van der Waals surface area contributed by atoms with Gasteiger partial charge < -0.3 is 11.1 Å². The van der Waals surface area contributed by atoms with E-state index in [0.717, 1.165) is 43.8 Å². The monoisotopic (exact) mass is 233 g/mol. The van der Waals surface area contributed by atoms with Crippen LogP contribution < -0.4 is 11.1 Å². The molecule has 5 heteroatoms. The maximum atomic E-state index is 5.68. The van der Waals surface area contributed by atoms with Gasteiger partial charge in [-0.3, -0.25) is 4.90 Å². The molecule has 3 heterocycles. The van der Waals surface area contributed by atoms with Gasteiger partial charge >= 0.3 is 0 Å². The summed E-state index contributed by atoms with van der Waals surface area (Å²) < 4.78 is 0. The van der Waals surface area contributed by atoms with Crippen molar-refractivity contribution in [3.63, 3.8) is 0 Å². The first-order valence-corrected chi connectivity index (χ1v) is 6.26. The standard InChI is InChI=1S/C12H19N5/c1-8-10-5-14-4-9(10)6-17(8)7-12-15-3-2-11(13)16-12/h2-3,8-10,14H,4-7H2,1H3,(H2,13,15,16). The van der Waals surface area contributed by atoms with Gasteiger partial charge in [0.2, 0.25) is 0 Å². The summed E-state index contributed by atoms with van der Waals surface area (Å²) in [4.78, 5) is 11.0. The molecule has 3 unspecified atom stereocenters. The van der Waals surface area contributed by atoms with Gasteiger partial charge in [0.05, 0.1) is 6.54 Å². The van der Waals surface area contributed by atoms with Crippen LogP contribution in [0.3, 0.4) is 0 Å². The molecule has 2 fully saturated rings. The molecule has 17 heavy (non-hydrogen) atoms. The molecule has 5 nitrogen and oxygen atoms in total. The molecule has 3 atom stereocenters. The van der Waals surface area contributed by atoms with Crippen LogP contribution in [0.4, 0.5) is 5.82 Å². The van der Waals surface area contributed by atoms with Crippen LogP contribution in [0.2, 0.25) is 0 Å². The lowest BCUT2D eigenvalue weighted by molar-refractivity contribution is 0.226. The van der Waals surface area contributed by atoms with Crippen molar-refractivity contribution in [2.24, 2.45) is 11.8 Å². The number of aromatic nitrogens is 2. The summed E-state index contributed by atoms with van der Waals surface area (Å²) in [6.45, 7) is 6.59. The first-order chi connectivity index (χ1) is 8.24. The Morgan fingerprint density at radius 1 is 1.53 bits per heavy atom. The third kappa shape index (κ3) is 2.00. The van der Waals surface area contributed by atoms with E-state index in [0.29, 0.717) is 11.9 Å². The molecule has 0 bridgehead atoms. The molecule has 0 amide bonds. The van der Waals surface area contributed by atoms with Crippen molar-refractivity contribution >= 4 is 5.82 Å². The van der Waals surface area contributed by atoms with Crippen LogP contribution in [-0.2, 0) is 6.54 Å². The van der Waals surface area contributed by atoms with E-state index in [9.17, 15) is 0 Å². The molecule has 0 aliphatic carbocycles. The maximum Gasteiger partial charge on any atom is 0.144 e. The van der Waals surface area contributed by atoms with Gasteiger partial charge in [-0.25, -0.2) is 9.97 Å². The van der Waals surface area contributed by atoms with Crippen LogP contribution in [0.5, 0.6) is 0 Å². The quantitative estimate of drug-likeness (QED) is 0.758. The Morgan fingerprint density at radius 3 is 3.18 bits per heavy atom. The highest BCUT2D eigenvalue weighted by molar-refractivity contribution is 5.25. The second-order valence-electron chi connectivity index (χ2n) is 5.15. The van der Waals surface area contributed by atoms with E-state index in [1.807, 2.05) is 0 Å². The highest BCUT2D eigenvalue weighted by Gasteiger charge is 2.41. The fourth-order valence-corrected chi connectivity index (χ4v) is 3.14. The van der Waals surface area contributed by atoms with E-state index < -0.39 is 0 Å². The number of nitrogen functional groups attached to an aromatic ring is 1. The molecule has 3 rings (SSSR count). The number of nitrogens with one attached hydrogen (secondary N) is 1. The lowest BCUT2D eigenvalue weighted by Gasteiger charge is -2.23. The number of likely N-dealkylation sites (tertiary alicyclic amines) is 1. The average molecular weight is 233 g/mol. The van der Waals surface area contributed by atoms with E-state index in [2.05, 4.69) is 27.1 Å². The van der Waals surface area contributed by atoms with E-state index in [-0.39, 0.29) is 0 Å². The fourth-order valence-electron chi connectivity index (χ4n) is 3.14. The van der Waals surface area contributed by atoms with Crippen molar-refractivity contribution in [1.82, 2.24) is 20.2 Å². The Hall–Kier alpha value is -1.20. The van der Waals surface area contributed by atoms with Crippen molar-refractivity contribution in [2.75, 3.05) is 25.4 Å². The van der Waals surface area contributed by atoms with Crippen LogP contribution in [0.15, 0.2) is 12.3 Å². The van der Waals surface area contributed by atoms with Crippen LogP contribution in [0, 0.1) is 11.8 Å². The number of nitrogens with zero attached hydrogens (tertiary/aromatic N) is 3. The van der Waals surface area contributed by atoms with Gasteiger partial charge in [-0.15, -0.1) is 0 Å². The highest BCUT2D eigenvalue weighted by Crippen LogP contribution is 2.32. The second kappa shape index (κ2) is 4.23. The molecule has 0 spiro atoms. The minimum absolute atomic E-state index is 0.559. The van der Waals surface area contributed by atoms with Crippen molar-refractivity contribution in [3.8, 4) is 0 Å². The topological polar surface area (TPSA) is 67.1 Å². The Bertz CT molecular complexity index is 408. The average Bonchev–Trinajstić information content (AvgIpc) is 2.84. The molecular weight excluding hydrogens is 214 g/mol. The first-order valence-electron chi connectivity index (χ1n) is 6.26. The van der Waals surface area contributed by atoms with Crippen LogP contribution in [0.25, 0.3) is 0 Å². The number of rotatable bonds is 2. The molecule has 1 aromatic rings. The van der Waals surface area contributed by atoms with E-state index in [1.54, 1.807) is 12.3 Å². The lowest BCUT2D eigenvalue weighted by Crippen LogP contribution is -2.33. The minimum Gasteiger partial charge on any atom is -0.384 e. The van der Waals surface area contributed by atoms with Crippen LogP contribution in [0.1, 0.15) is 12.7 Å². The summed E-state index contributed by atoms with van der Waals surface area (Å²) in [6.07, 6.45) is 1.74. The van der Waals surface area contributed by atoms with Crippen molar-refractivity contribution in [2.45, 2.75) is 19.5 Å². The summed E-state index contributed by atoms with van der Waals surface area (Å²) >= 11 is 0. The molecule has 3 N–H and O–H groups in total. The number of fused-ring (bicyclic) bond motifs is 1. The third-order valence-corrected chi connectivity index (χ3v) is 4.13. The zero-order valence-electron chi connectivity index (χ0n) is 10.1. The Morgan fingerprint density at radius 2 is 2.41 bits per heavy atom. The van der Waals surface area contributed by atoms with E-state index in [4.69, 9.17) is 5.73 Å². The SMILES string of the molecule is CC1C2CNCC2CN1Cc1nccc(N)n1. The zero-order chi connectivity index (χ0) is 11.8. The molecule has 0 saturated carbocycles. The maximum absolute atomic E-state index is 5.68. The van der Waals surface area contributed by atoms with Crippen LogP contribution >= 0.6 is 0 Å². The number of anilines is 1. The number of hydrogen-bond donors (Lipinski definition) is 2. The number of nitrogens with two attached hydrogens (primary N) is 1. The zero-order valence-corrected chi connectivity index (χ0v) is 10.1. The molecule has 2 aliphatic heterocycles. The summed E-state index contributed by atoms with van der Waals surface area (Å²) in [5, 5.41) is 3.47. The van der Waals surface area contributed by atoms with Crippen molar-refractivity contribution in [3.05, 3.63) is 18.1 Å². The predicted octanol–water partition coefficient (Wildman–Crippen LogP) is 0.0985. The van der Waals surface area contributed by atoms with Crippen molar-refractivity contribution < 1.29 is 0 Å². The van der Waals surface area contributed by atoms with E-state index >= 15 is 0 Å². The van der Waals surface area contributed by atoms with Gasteiger partial charge in [0, 0.05) is 18.8 Å². The normalized spacial score (nSPS) is 32.9. The largest absolute Gasteiger partial charge is 0.384 e. The Labute approximate surface area is 101 Å². The third-order valence-electron chi connectivity index (χ3n) is 4.13. The number of hydrogen-bond acceptors (Lipinski definition) is 5. The summed E-state index contributed by atoms with van der Waals surface area (Å²) in [5.41, 5.74) is 5.68. The molecule has 0 radical (unpaired) electrons. The Kier molecular flexibility index (Phi) is 2.72. The highest BCUT2D eigenvalue weighted by atomic mass is 15.2. The van der Waals surface area contributed by atoms with Gasteiger partial charge in [-0.2, -0.15) is 0 Å². The predicted molar refractivity (Wildman–Crippen MR) is 66.2 cm³/mol. The summed E-state index contributed by atoms with van der Waals surface area (Å²) in [5.74, 6) is 2.98. The van der Waals surface area contributed by atoms with Crippen LogP contribution in [-0.4, -0.2) is 40.5 Å². The molecule has 92 valence electrons. The van der Waals surface area contributed by atoms with Gasteiger partial charge in [-0.05, 0) is 37.9 Å². The first kappa shape index (κ1) is 10.9. The van der Waals surface area contributed by atoms with E-state index in [1.165, 1.54) is 0 Å². The summed E-state index contributed by atoms with van der Waals surface area (Å²) in [6, 6.07) is 2.34. The molecule has 2 aliphatic rings. The van der Waals surface area contributed by atoms with Crippen molar-refractivity contribution in [1.29, 1.82) is 0 Å². The molecule has 1 aromatic heterocycles. The Balaban J connectivity index is 1.70. The minimum atomic E-state index is 0.559. The fraction of sp³-hybridized carbons (Fsp3) is 0.667. The van der Waals surface area contributed by atoms with Gasteiger partial charge in [-0.1, -0.05) is 0 Å². The lowest BCUT2D eigenvalue weighted by atomic mass is 9.95. The molecule has 0 aromatic carbocycles. The second-order valence-corrected chi connectivity index (χ2v) is 5.15. The molecule has 2 saturated heterocycles. The van der Waals surface area contributed by atoms with Gasteiger partial charge in [0.25, 0.3) is 0 Å². The summed E-state index contributed by atoms with van der Waals surface area (Å²) in [7, 11) is 0.